The molecule has 112 valence electrons. The second-order valence-corrected chi connectivity index (χ2v) is 5.55. The summed E-state index contributed by atoms with van der Waals surface area (Å²) in [7, 11) is 1.74. The zero-order valence-electron chi connectivity index (χ0n) is 13.4. The molecule has 0 heterocycles. The molecule has 2 nitrogen and oxygen atoms in total. The van der Waals surface area contributed by atoms with Gasteiger partial charge in [0.05, 0.1) is 7.11 Å². The SMILES string of the molecule is CCNC(Cc1ccc(C)cc1)c1cc(C)ccc1OC. The maximum atomic E-state index is 5.54. The molecule has 0 bridgehead atoms. The van der Waals surface area contributed by atoms with Gasteiger partial charge in [0.15, 0.2) is 0 Å². The summed E-state index contributed by atoms with van der Waals surface area (Å²) in [4.78, 5) is 0. The maximum absolute atomic E-state index is 5.54. The van der Waals surface area contributed by atoms with E-state index in [2.05, 4.69) is 68.6 Å². The van der Waals surface area contributed by atoms with E-state index < -0.39 is 0 Å². The molecule has 0 fully saturated rings. The zero-order chi connectivity index (χ0) is 15.2. The molecular weight excluding hydrogens is 258 g/mol. The molecule has 1 N–H and O–H groups in total. The summed E-state index contributed by atoms with van der Waals surface area (Å²) in [6, 6.07) is 15.4. The lowest BCUT2D eigenvalue weighted by Gasteiger charge is -2.21. The number of rotatable bonds is 6. The van der Waals surface area contributed by atoms with E-state index in [1.165, 1.54) is 22.3 Å². The van der Waals surface area contributed by atoms with Crippen molar-refractivity contribution in [2.45, 2.75) is 33.2 Å². The van der Waals surface area contributed by atoms with Gasteiger partial charge in [-0.3, -0.25) is 0 Å². The molecule has 0 aliphatic heterocycles. The average Bonchev–Trinajstić information content (AvgIpc) is 2.49. The van der Waals surface area contributed by atoms with Gasteiger partial charge >= 0.3 is 0 Å². The van der Waals surface area contributed by atoms with Crippen LogP contribution in [0.5, 0.6) is 5.75 Å². The number of ether oxygens (including phenoxy) is 1. The summed E-state index contributed by atoms with van der Waals surface area (Å²) in [6.07, 6.45) is 0.966. The fraction of sp³-hybridized carbons (Fsp3) is 0.368. The highest BCUT2D eigenvalue weighted by Gasteiger charge is 2.16. The van der Waals surface area contributed by atoms with Crippen LogP contribution in [0.15, 0.2) is 42.5 Å². The highest BCUT2D eigenvalue weighted by molar-refractivity contribution is 5.40. The van der Waals surface area contributed by atoms with E-state index in [0.717, 1.165) is 18.7 Å². The zero-order valence-corrected chi connectivity index (χ0v) is 13.4. The molecule has 2 aromatic rings. The van der Waals surface area contributed by atoms with Gasteiger partial charge in [-0.2, -0.15) is 0 Å². The van der Waals surface area contributed by atoms with E-state index in [1.54, 1.807) is 7.11 Å². The van der Waals surface area contributed by atoms with E-state index in [-0.39, 0.29) is 6.04 Å². The predicted molar refractivity (Wildman–Crippen MR) is 89.0 cm³/mol. The lowest BCUT2D eigenvalue weighted by Crippen LogP contribution is -2.23. The Labute approximate surface area is 128 Å². The fourth-order valence-electron chi connectivity index (χ4n) is 2.62. The van der Waals surface area contributed by atoms with Crippen molar-refractivity contribution < 1.29 is 4.74 Å². The molecule has 0 saturated heterocycles. The summed E-state index contributed by atoms with van der Waals surface area (Å²) >= 11 is 0. The van der Waals surface area contributed by atoms with Gasteiger partial charge in [-0.1, -0.05) is 54.4 Å². The Bertz CT molecular complexity index is 575. The monoisotopic (exact) mass is 283 g/mol. The first-order chi connectivity index (χ1) is 10.1. The number of nitrogens with one attached hydrogen (secondary N) is 1. The third-order valence-electron chi connectivity index (χ3n) is 3.77. The van der Waals surface area contributed by atoms with Gasteiger partial charge < -0.3 is 10.1 Å². The van der Waals surface area contributed by atoms with Crippen molar-refractivity contribution in [1.29, 1.82) is 0 Å². The summed E-state index contributed by atoms with van der Waals surface area (Å²) in [6.45, 7) is 7.32. The van der Waals surface area contributed by atoms with Gasteiger partial charge in [-0.25, -0.2) is 0 Å². The Morgan fingerprint density at radius 3 is 2.29 bits per heavy atom. The van der Waals surface area contributed by atoms with Crippen molar-refractivity contribution in [3.05, 3.63) is 64.7 Å². The first-order valence-electron chi connectivity index (χ1n) is 7.57. The molecule has 2 aromatic carbocycles. The van der Waals surface area contributed by atoms with Crippen molar-refractivity contribution in [2.24, 2.45) is 0 Å². The third kappa shape index (κ3) is 4.08. The summed E-state index contributed by atoms with van der Waals surface area (Å²) in [5, 5.41) is 3.58. The number of likely N-dealkylation sites (N-methyl/N-ethyl adjacent to an activating group) is 1. The minimum atomic E-state index is 0.271. The van der Waals surface area contributed by atoms with Crippen LogP contribution >= 0.6 is 0 Å². The van der Waals surface area contributed by atoms with Crippen LogP contribution in [-0.4, -0.2) is 13.7 Å². The van der Waals surface area contributed by atoms with Crippen LogP contribution in [0.1, 0.15) is 35.2 Å². The molecule has 1 atom stereocenters. The lowest BCUT2D eigenvalue weighted by atomic mass is 9.96. The van der Waals surface area contributed by atoms with Crippen LogP contribution < -0.4 is 10.1 Å². The van der Waals surface area contributed by atoms with E-state index in [0.29, 0.717) is 0 Å². The Balaban J connectivity index is 2.30. The molecular formula is C19H25NO. The molecule has 0 aliphatic carbocycles. The van der Waals surface area contributed by atoms with Crippen LogP contribution in [-0.2, 0) is 6.42 Å². The first-order valence-corrected chi connectivity index (χ1v) is 7.57. The maximum Gasteiger partial charge on any atom is 0.123 e. The van der Waals surface area contributed by atoms with E-state index in [1.807, 2.05) is 0 Å². The summed E-state index contributed by atoms with van der Waals surface area (Å²) in [5.74, 6) is 0.957. The largest absolute Gasteiger partial charge is 0.496 e. The average molecular weight is 283 g/mol. The smallest absolute Gasteiger partial charge is 0.123 e. The van der Waals surface area contributed by atoms with Crippen molar-refractivity contribution in [3.8, 4) is 5.75 Å². The number of hydrogen-bond acceptors (Lipinski definition) is 2. The van der Waals surface area contributed by atoms with E-state index in [4.69, 9.17) is 4.74 Å². The van der Waals surface area contributed by atoms with E-state index >= 15 is 0 Å². The highest BCUT2D eigenvalue weighted by Crippen LogP contribution is 2.28. The Hall–Kier alpha value is -1.80. The molecule has 0 radical (unpaired) electrons. The minimum Gasteiger partial charge on any atom is -0.496 e. The van der Waals surface area contributed by atoms with Crippen molar-refractivity contribution in [1.82, 2.24) is 5.32 Å². The van der Waals surface area contributed by atoms with Gasteiger partial charge in [-0.05, 0) is 38.4 Å². The summed E-state index contributed by atoms with van der Waals surface area (Å²) < 4.78 is 5.54. The number of hydrogen-bond donors (Lipinski definition) is 1. The highest BCUT2D eigenvalue weighted by atomic mass is 16.5. The van der Waals surface area contributed by atoms with Gasteiger partial charge in [0, 0.05) is 11.6 Å². The summed E-state index contributed by atoms with van der Waals surface area (Å²) in [5.41, 5.74) is 5.14. The molecule has 1 unspecified atom stereocenters. The number of methoxy groups -OCH3 is 1. The van der Waals surface area contributed by atoms with Crippen LogP contribution in [0.2, 0.25) is 0 Å². The van der Waals surface area contributed by atoms with Gasteiger partial charge in [-0.15, -0.1) is 0 Å². The molecule has 0 amide bonds. The molecule has 2 rings (SSSR count). The Kier molecular flexibility index (Phi) is 5.40. The second-order valence-electron chi connectivity index (χ2n) is 5.55. The van der Waals surface area contributed by atoms with Crippen molar-refractivity contribution in [3.63, 3.8) is 0 Å². The number of aryl methyl sites for hydroxylation is 2. The van der Waals surface area contributed by atoms with Crippen LogP contribution in [0, 0.1) is 13.8 Å². The molecule has 0 saturated carbocycles. The third-order valence-corrected chi connectivity index (χ3v) is 3.77. The van der Waals surface area contributed by atoms with Gasteiger partial charge in [0.1, 0.15) is 5.75 Å². The molecule has 2 heteroatoms. The fourth-order valence-corrected chi connectivity index (χ4v) is 2.62. The van der Waals surface area contributed by atoms with Crippen molar-refractivity contribution >= 4 is 0 Å². The Morgan fingerprint density at radius 1 is 1.00 bits per heavy atom. The van der Waals surface area contributed by atoms with Crippen LogP contribution in [0.3, 0.4) is 0 Å². The van der Waals surface area contributed by atoms with Gasteiger partial charge in [0.2, 0.25) is 0 Å². The van der Waals surface area contributed by atoms with Gasteiger partial charge in [0.25, 0.3) is 0 Å². The lowest BCUT2D eigenvalue weighted by molar-refractivity contribution is 0.399. The molecule has 0 aromatic heterocycles. The quantitative estimate of drug-likeness (QED) is 0.857. The van der Waals surface area contributed by atoms with Crippen molar-refractivity contribution in [2.75, 3.05) is 13.7 Å². The Morgan fingerprint density at radius 2 is 1.67 bits per heavy atom. The second kappa shape index (κ2) is 7.28. The minimum absolute atomic E-state index is 0.271. The first kappa shape index (κ1) is 15.6. The van der Waals surface area contributed by atoms with Crippen LogP contribution in [0.4, 0.5) is 0 Å². The normalized spacial score (nSPS) is 12.2. The number of benzene rings is 2. The standard InChI is InChI=1S/C19H25NO/c1-5-20-18(13-16-9-6-14(2)7-10-16)17-12-15(3)8-11-19(17)21-4/h6-12,18,20H,5,13H2,1-4H3. The van der Waals surface area contributed by atoms with E-state index in [9.17, 15) is 0 Å². The predicted octanol–water partition coefficient (Wildman–Crippen LogP) is 4.21. The molecule has 0 aliphatic rings. The molecule has 21 heavy (non-hydrogen) atoms. The topological polar surface area (TPSA) is 21.3 Å². The molecule has 0 spiro atoms. The van der Waals surface area contributed by atoms with Crippen LogP contribution in [0.25, 0.3) is 0 Å².